The Morgan fingerprint density at radius 3 is 1.47 bits per heavy atom. The topological polar surface area (TPSA) is 279 Å². The molecule has 1 rings (SSSR count). The minimum absolute atomic E-state index is 0.0503. The highest BCUT2D eigenvalue weighted by Crippen LogP contribution is 2.24. The number of likely N-dealkylation sites (N-methyl/N-ethyl adjacent to an activating group) is 7. The maximum Gasteiger partial charge on any atom is 0.246 e. The summed E-state index contributed by atoms with van der Waals surface area (Å²) in [5.74, 6) is -9.04. The number of hydrogen-bond donors (Lipinski definition) is 5. The highest BCUT2D eigenvalue weighted by molar-refractivity contribution is 5.99. The number of amides is 10. The maximum atomic E-state index is 14.9. The SMILES string of the molecule is CC=CC[C@@H](C)[C@@H](O)[C@H]1C(=O)N[C@@H](CC)C(=O)N(C)CC(=O)CN(C)[C@@H](CC(C)C)C(=O)N[C@@H](C(C)C)C(=O)N(C)[C@H](CC(C)C)C(=O)N[C@@H](C)C(=O)N[C@H](C)C(=O)N(C)[C@@H](CC(C)C)C(=O)N(C)[C@@H](C)C(=O)N(C)[C@@H](C(C)C)C(=O)N1C. The molecule has 1 aliphatic rings. The van der Waals surface area contributed by atoms with E-state index in [1.165, 1.54) is 82.7 Å². The molecule has 1 aliphatic heterocycles. The van der Waals surface area contributed by atoms with Gasteiger partial charge in [-0.3, -0.25) is 57.6 Å². The van der Waals surface area contributed by atoms with E-state index in [1.807, 2.05) is 41.5 Å². The van der Waals surface area contributed by atoms with E-state index < -0.39 is 156 Å². The molecule has 1 saturated heterocycles. The fourth-order valence-corrected chi connectivity index (χ4v) is 10.3. The first-order chi connectivity index (χ1) is 38.3. The zero-order valence-electron chi connectivity index (χ0n) is 54.5. The molecule has 10 amide bonds. The van der Waals surface area contributed by atoms with Crippen LogP contribution in [0.15, 0.2) is 12.2 Å². The van der Waals surface area contributed by atoms with Crippen molar-refractivity contribution in [1.82, 2.24) is 55.6 Å². The molecule has 0 unspecified atom stereocenters. The normalized spacial score (nSPS) is 27.6. The van der Waals surface area contributed by atoms with Crippen LogP contribution in [0.4, 0.5) is 0 Å². The van der Waals surface area contributed by atoms with Crippen LogP contribution in [0, 0.1) is 35.5 Å². The van der Waals surface area contributed by atoms with Gasteiger partial charge >= 0.3 is 0 Å². The Labute approximate surface area is 496 Å². The van der Waals surface area contributed by atoms with Crippen molar-refractivity contribution in [3.8, 4) is 0 Å². The van der Waals surface area contributed by atoms with Gasteiger partial charge in [0, 0.05) is 42.3 Å². The first-order valence-corrected chi connectivity index (χ1v) is 29.6. The Bertz CT molecular complexity index is 2270. The van der Waals surface area contributed by atoms with Crippen molar-refractivity contribution in [1.29, 1.82) is 0 Å². The Morgan fingerprint density at radius 1 is 0.494 bits per heavy atom. The smallest absolute Gasteiger partial charge is 0.246 e. The van der Waals surface area contributed by atoms with E-state index in [2.05, 4.69) is 21.3 Å². The standard InChI is InChI=1S/C60H107N11O12/c1-24-26-27-38(13)50(73)49-54(77)63-43(25-2)57(80)66(18)32-42(72)31-65(17)44(28-33(3)4)52(75)64-47(36(9)10)59(82)68(20)45(29-34(5)6)53(76)61-39(14)51(74)62-40(15)55(78)69(21)46(30-35(7)8)58(81)67(19)41(16)56(79)70(22)48(37(11)12)60(83)71(49)23/h24,26,33-41,43-50,73H,25,27-32H2,1-23H3,(H,61,76)(H,62,74)(H,63,77)(H,64,75)/t38-,39+,40-,41+,43+,44+,45-,46+,47+,48+,49+,50-/m1/s1. The molecule has 0 saturated carbocycles. The number of rotatable bonds is 13. The van der Waals surface area contributed by atoms with Gasteiger partial charge < -0.3 is 55.8 Å². The molecule has 1 fully saturated rings. The summed E-state index contributed by atoms with van der Waals surface area (Å²) in [6.45, 7) is 27.0. The quantitative estimate of drug-likeness (QED) is 0.166. The van der Waals surface area contributed by atoms with E-state index in [9.17, 15) is 57.8 Å². The maximum absolute atomic E-state index is 14.9. The van der Waals surface area contributed by atoms with Crippen LogP contribution < -0.4 is 21.3 Å². The molecule has 0 spiro atoms. The minimum Gasteiger partial charge on any atom is -0.390 e. The summed E-state index contributed by atoms with van der Waals surface area (Å²) < 4.78 is 0. The van der Waals surface area contributed by atoms with Gasteiger partial charge in [-0.2, -0.15) is 0 Å². The number of allylic oxidation sites excluding steroid dienone is 2. The molecule has 474 valence electrons. The predicted octanol–water partition coefficient (Wildman–Crippen LogP) is 2.29. The number of carbonyl (C=O) groups excluding carboxylic acids is 11. The fraction of sp³-hybridized carbons (Fsp3) is 0.783. The van der Waals surface area contributed by atoms with E-state index in [4.69, 9.17) is 0 Å². The monoisotopic (exact) mass is 1170 g/mol. The van der Waals surface area contributed by atoms with Crippen molar-refractivity contribution in [2.75, 3.05) is 62.4 Å². The summed E-state index contributed by atoms with van der Waals surface area (Å²) in [5, 5.41) is 23.0. The van der Waals surface area contributed by atoms with Crippen LogP contribution >= 0.6 is 0 Å². The second-order valence-electron chi connectivity index (χ2n) is 25.1. The number of aliphatic hydroxyl groups is 1. The third-order valence-corrected chi connectivity index (χ3v) is 15.7. The lowest BCUT2D eigenvalue weighted by molar-refractivity contribution is -0.156. The van der Waals surface area contributed by atoms with Gasteiger partial charge in [-0.1, -0.05) is 95.2 Å². The molecular weight excluding hydrogens is 1070 g/mol. The van der Waals surface area contributed by atoms with Gasteiger partial charge in [0.05, 0.1) is 25.2 Å². The number of aliphatic hydroxyl groups excluding tert-OH is 1. The largest absolute Gasteiger partial charge is 0.390 e. The molecule has 12 atom stereocenters. The number of carbonyl (C=O) groups is 11. The molecule has 0 aliphatic carbocycles. The van der Waals surface area contributed by atoms with Gasteiger partial charge in [0.15, 0.2) is 5.78 Å². The molecule has 83 heavy (non-hydrogen) atoms. The number of ketones is 1. The van der Waals surface area contributed by atoms with Crippen LogP contribution in [0.5, 0.6) is 0 Å². The summed E-state index contributed by atoms with van der Waals surface area (Å²) in [4.78, 5) is 166. The van der Waals surface area contributed by atoms with E-state index in [1.54, 1.807) is 72.6 Å². The van der Waals surface area contributed by atoms with Crippen molar-refractivity contribution in [2.24, 2.45) is 35.5 Å². The average molecular weight is 1170 g/mol. The molecule has 1 heterocycles. The lowest BCUT2D eigenvalue weighted by atomic mass is 9.91. The second-order valence-corrected chi connectivity index (χ2v) is 25.1. The number of hydrogen-bond acceptors (Lipinski definition) is 13. The summed E-state index contributed by atoms with van der Waals surface area (Å²) in [7, 11) is 10.0. The third-order valence-electron chi connectivity index (χ3n) is 15.7. The predicted molar refractivity (Wildman–Crippen MR) is 320 cm³/mol. The van der Waals surface area contributed by atoms with Gasteiger partial charge in [-0.05, 0) is 102 Å². The summed E-state index contributed by atoms with van der Waals surface area (Å²) >= 11 is 0. The van der Waals surface area contributed by atoms with Crippen LogP contribution in [-0.2, 0) is 52.7 Å². The molecule has 0 bridgehead atoms. The van der Waals surface area contributed by atoms with Crippen LogP contribution in [0.2, 0.25) is 0 Å². The van der Waals surface area contributed by atoms with Crippen LogP contribution in [0.25, 0.3) is 0 Å². The highest BCUT2D eigenvalue weighted by atomic mass is 16.3. The van der Waals surface area contributed by atoms with Crippen LogP contribution in [-0.4, -0.2) is 233 Å². The fourth-order valence-electron chi connectivity index (χ4n) is 10.3. The van der Waals surface area contributed by atoms with Crippen molar-refractivity contribution in [3.05, 3.63) is 12.2 Å². The third kappa shape index (κ3) is 21.2. The molecule has 23 heteroatoms. The van der Waals surface area contributed by atoms with Gasteiger partial charge in [-0.15, -0.1) is 0 Å². The molecule has 0 radical (unpaired) electrons. The Kier molecular flexibility index (Phi) is 30.8. The summed E-state index contributed by atoms with van der Waals surface area (Å²) in [5.41, 5.74) is 0. The number of Topliss-reactive ketones (excluding diaryl/α,β-unsaturated/α-hetero) is 1. The zero-order chi connectivity index (χ0) is 64.4. The van der Waals surface area contributed by atoms with Crippen LogP contribution in [0.1, 0.15) is 143 Å². The lowest BCUT2D eigenvalue weighted by Crippen LogP contribution is -2.63. The molecule has 0 aromatic rings. The molecule has 23 nitrogen and oxygen atoms in total. The first kappa shape index (κ1) is 75.0. The first-order valence-electron chi connectivity index (χ1n) is 29.6. The second kappa shape index (κ2) is 34.1. The van der Waals surface area contributed by atoms with Crippen molar-refractivity contribution in [3.63, 3.8) is 0 Å². The molecule has 5 N–H and O–H groups in total. The van der Waals surface area contributed by atoms with E-state index in [-0.39, 0.29) is 50.0 Å². The molecule has 0 aromatic heterocycles. The van der Waals surface area contributed by atoms with E-state index in [0.29, 0.717) is 6.42 Å². The molecular formula is C60H107N11O12. The molecule has 0 aromatic carbocycles. The van der Waals surface area contributed by atoms with E-state index >= 15 is 0 Å². The Morgan fingerprint density at radius 2 is 0.976 bits per heavy atom. The summed E-state index contributed by atoms with van der Waals surface area (Å²) in [6, 6.07) is -12.0. The Hall–Kier alpha value is -5.97. The van der Waals surface area contributed by atoms with Crippen molar-refractivity contribution < 1.29 is 57.8 Å². The zero-order valence-corrected chi connectivity index (χ0v) is 54.5. The van der Waals surface area contributed by atoms with Crippen molar-refractivity contribution in [2.45, 2.75) is 209 Å². The van der Waals surface area contributed by atoms with E-state index in [0.717, 1.165) is 9.80 Å². The van der Waals surface area contributed by atoms with Gasteiger partial charge in [0.25, 0.3) is 0 Å². The summed E-state index contributed by atoms with van der Waals surface area (Å²) in [6.07, 6.45) is 3.08. The van der Waals surface area contributed by atoms with Crippen molar-refractivity contribution >= 4 is 64.9 Å². The highest BCUT2D eigenvalue weighted by Gasteiger charge is 2.45. The Balaban J connectivity index is 4.15. The lowest BCUT2D eigenvalue weighted by Gasteiger charge is -2.40. The number of nitrogens with zero attached hydrogens (tertiary/aromatic N) is 7. The van der Waals surface area contributed by atoms with Gasteiger partial charge in [0.1, 0.15) is 54.4 Å². The van der Waals surface area contributed by atoms with Gasteiger partial charge in [0.2, 0.25) is 59.1 Å². The van der Waals surface area contributed by atoms with Crippen LogP contribution in [0.3, 0.4) is 0 Å². The average Bonchev–Trinajstić information content (AvgIpc) is 3.61. The minimum atomic E-state index is -1.59. The number of nitrogens with one attached hydrogen (secondary N) is 4. The van der Waals surface area contributed by atoms with Gasteiger partial charge in [-0.25, -0.2) is 0 Å².